The van der Waals surface area contributed by atoms with E-state index in [-0.39, 0.29) is 28.1 Å². The van der Waals surface area contributed by atoms with Crippen molar-refractivity contribution in [2.24, 2.45) is 0 Å². The number of fused-ring (bicyclic) bond motifs is 2. The minimum atomic E-state index is -4.28. The Hall–Kier alpha value is -5.21. The van der Waals surface area contributed by atoms with Gasteiger partial charge in [-0.1, -0.05) is 91.0 Å². The van der Waals surface area contributed by atoms with E-state index < -0.39 is 26.2 Å². The molecule has 2 aromatic heterocycles. The molecule has 53 heavy (non-hydrogen) atoms. The van der Waals surface area contributed by atoms with Crippen LogP contribution in [0.25, 0.3) is 21.5 Å². The van der Waals surface area contributed by atoms with Crippen molar-refractivity contribution in [3.63, 3.8) is 0 Å². The van der Waals surface area contributed by atoms with Crippen LogP contribution in [-0.4, -0.2) is 92.6 Å². The standard InChI is InChI=1S/C40H39N5O6S2/c1-43(52(47,48)38-35-13-7-5-11-32(35)19-22-41-38)37(40(46)45-27-25-44(26-28-45)24-21-30-9-3-2-4-10-30)29-31-15-17-34(18-16-31)51-53(49,50)39-36-14-8-6-12-33(36)20-23-42-39/h2-20,22-23,37H,21,24-29H2,1H3/t37-/m0/s1. The second-order valence-corrected chi connectivity index (χ2v) is 16.4. The summed E-state index contributed by atoms with van der Waals surface area (Å²) in [4.78, 5) is 26.8. The van der Waals surface area contributed by atoms with Crippen LogP contribution in [0.15, 0.2) is 138 Å². The predicted molar refractivity (Wildman–Crippen MR) is 203 cm³/mol. The Morgan fingerprint density at radius 2 is 1.26 bits per heavy atom. The van der Waals surface area contributed by atoms with Crippen LogP contribution >= 0.6 is 0 Å². The van der Waals surface area contributed by atoms with E-state index in [2.05, 4.69) is 27.0 Å². The topological polar surface area (TPSA) is 130 Å². The van der Waals surface area contributed by atoms with E-state index in [9.17, 15) is 21.6 Å². The Morgan fingerprint density at radius 1 is 0.698 bits per heavy atom. The molecule has 0 aliphatic carbocycles. The monoisotopic (exact) mass is 749 g/mol. The smallest absolute Gasteiger partial charge is 0.357 e. The Morgan fingerprint density at radius 3 is 1.91 bits per heavy atom. The number of nitrogens with zero attached hydrogens (tertiary/aromatic N) is 5. The van der Waals surface area contributed by atoms with Crippen LogP contribution in [0.1, 0.15) is 11.1 Å². The average Bonchev–Trinajstić information content (AvgIpc) is 3.19. The molecule has 1 saturated heterocycles. The maximum Gasteiger partial charge on any atom is 0.357 e. The molecule has 0 unspecified atom stereocenters. The second-order valence-electron chi connectivity index (χ2n) is 13.0. The molecular weight excluding hydrogens is 711 g/mol. The van der Waals surface area contributed by atoms with Gasteiger partial charge in [0.2, 0.25) is 10.9 Å². The summed E-state index contributed by atoms with van der Waals surface area (Å²) in [5.41, 5.74) is 1.87. The second kappa shape index (κ2) is 15.4. The molecule has 0 saturated carbocycles. The number of amides is 1. The Balaban J connectivity index is 1.12. The molecule has 4 aromatic carbocycles. The number of aromatic nitrogens is 2. The Kier molecular flexibility index (Phi) is 10.5. The van der Waals surface area contributed by atoms with Gasteiger partial charge in [-0.05, 0) is 59.0 Å². The van der Waals surface area contributed by atoms with Gasteiger partial charge < -0.3 is 9.08 Å². The third-order valence-corrected chi connectivity index (χ3v) is 12.7. The van der Waals surface area contributed by atoms with Gasteiger partial charge >= 0.3 is 10.1 Å². The van der Waals surface area contributed by atoms with Crippen molar-refractivity contribution in [3.05, 3.63) is 139 Å². The molecule has 0 radical (unpaired) electrons. The van der Waals surface area contributed by atoms with Gasteiger partial charge in [0.05, 0.1) is 0 Å². The molecule has 0 spiro atoms. The molecule has 1 aliphatic rings. The van der Waals surface area contributed by atoms with E-state index in [1.54, 1.807) is 59.5 Å². The van der Waals surface area contributed by atoms with Gasteiger partial charge in [-0.3, -0.25) is 9.69 Å². The fourth-order valence-corrected chi connectivity index (χ4v) is 9.19. The first-order chi connectivity index (χ1) is 25.6. The third-order valence-electron chi connectivity index (χ3n) is 9.66. The van der Waals surface area contributed by atoms with Crippen molar-refractivity contribution in [1.29, 1.82) is 0 Å². The van der Waals surface area contributed by atoms with Crippen LogP contribution in [0.2, 0.25) is 0 Å². The lowest BCUT2D eigenvalue weighted by atomic mass is 10.0. The first-order valence-electron chi connectivity index (χ1n) is 17.3. The number of likely N-dealkylation sites (N-methyl/N-ethyl adjacent to an activating group) is 1. The summed E-state index contributed by atoms with van der Waals surface area (Å²) in [5.74, 6) is -0.261. The van der Waals surface area contributed by atoms with Crippen molar-refractivity contribution in [1.82, 2.24) is 24.1 Å². The molecule has 272 valence electrons. The number of pyridine rings is 2. The summed E-state index contributed by atoms with van der Waals surface area (Å²) in [6.07, 6.45) is 3.80. The minimum Gasteiger partial charge on any atom is -0.378 e. The molecule has 6 aromatic rings. The van der Waals surface area contributed by atoms with Crippen molar-refractivity contribution in [2.75, 3.05) is 39.8 Å². The van der Waals surface area contributed by atoms with E-state index in [1.165, 1.54) is 37.1 Å². The molecule has 1 atom stereocenters. The normalized spacial score (nSPS) is 14.8. The summed E-state index contributed by atoms with van der Waals surface area (Å²) in [6.45, 7) is 3.10. The summed E-state index contributed by atoms with van der Waals surface area (Å²) in [5, 5.41) is 2.01. The number of carbonyl (C=O) groups is 1. The Labute approximate surface area is 309 Å². The predicted octanol–water partition coefficient (Wildman–Crippen LogP) is 5.17. The summed E-state index contributed by atoms with van der Waals surface area (Å²) >= 11 is 0. The fourth-order valence-electron chi connectivity index (χ4n) is 6.67. The van der Waals surface area contributed by atoms with Gasteiger partial charge in [-0.2, -0.15) is 12.7 Å². The fraction of sp³-hybridized carbons (Fsp3) is 0.225. The van der Waals surface area contributed by atoms with E-state index in [1.807, 2.05) is 36.4 Å². The molecule has 13 heteroatoms. The molecule has 0 bridgehead atoms. The lowest BCUT2D eigenvalue weighted by Crippen LogP contribution is -2.56. The highest BCUT2D eigenvalue weighted by Gasteiger charge is 2.38. The number of hydrogen-bond donors (Lipinski definition) is 0. The summed E-state index contributed by atoms with van der Waals surface area (Å²) in [6, 6.07) is 33.0. The van der Waals surface area contributed by atoms with E-state index in [0.29, 0.717) is 53.3 Å². The number of benzene rings is 4. The van der Waals surface area contributed by atoms with Crippen LogP contribution in [0.4, 0.5) is 0 Å². The van der Waals surface area contributed by atoms with Crippen molar-refractivity contribution in [3.8, 4) is 5.75 Å². The van der Waals surface area contributed by atoms with Gasteiger partial charge in [-0.15, -0.1) is 0 Å². The zero-order valence-electron chi connectivity index (χ0n) is 29.2. The Bertz CT molecular complexity index is 2450. The van der Waals surface area contributed by atoms with Gasteiger partial charge in [0.25, 0.3) is 10.0 Å². The summed E-state index contributed by atoms with van der Waals surface area (Å²) < 4.78 is 61.7. The molecule has 1 amide bonds. The van der Waals surface area contributed by atoms with Gasteiger partial charge in [0.1, 0.15) is 11.8 Å². The maximum absolute atomic E-state index is 14.4. The zero-order chi connectivity index (χ0) is 37.0. The third kappa shape index (κ3) is 7.93. The molecule has 3 heterocycles. The number of piperazine rings is 1. The van der Waals surface area contributed by atoms with Gasteiger partial charge in [-0.25, -0.2) is 18.4 Å². The number of hydrogen-bond acceptors (Lipinski definition) is 9. The van der Waals surface area contributed by atoms with E-state index >= 15 is 0 Å². The van der Waals surface area contributed by atoms with Gasteiger partial charge in [0.15, 0.2) is 5.03 Å². The molecule has 0 N–H and O–H groups in total. The zero-order valence-corrected chi connectivity index (χ0v) is 30.8. The highest BCUT2D eigenvalue weighted by molar-refractivity contribution is 7.89. The molecule has 1 fully saturated rings. The first-order valence-corrected chi connectivity index (χ1v) is 20.2. The SMILES string of the molecule is CN([C@@H](Cc1ccc(OS(=O)(=O)c2nccc3ccccc23)cc1)C(=O)N1CCN(CCc2ccccc2)CC1)S(=O)(=O)c1nccc2ccccc12. The lowest BCUT2D eigenvalue weighted by Gasteiger charge is -2.38. The quantitative estimate of drug-likeness (QED) is 0.156. The lowest BCUT2D eigenvalue weighted by molar-refractivity contribution is -0.136. The molecule has 1 aliphatic heterocycles. The van der Waals surface area contributed by atoms with Crippen LogP contribution < -0.4 is 4.18 Å². The number of carbonyl (C=O) groups excluding carboxylic acids is 1. The number of rotatable bonds is 12. The first kappa shape index (κ1) is 36.2. The molecule has 11 nitrogen and oxygen atoms in total. The van der Waals surface area contributed by atoms with E-state index in [4.69, 9.17) is 4.18 Å². The van der Waals surface area contributed by atoms with Crippen molar-refractivity contribution < 1.29 is 25.8 Å². The number of sulfonamides is 1. The molecular formula is C40H39N5O6S2. The maximum atomic E-state index is 14.4. The van der Waals surface area contributed by atoms with Crippen LogP contribution in [-0.2, 0) is 37.8 Å². The van der Waals surface area contributed by atoms with Crippen LogP contribution in [0.3, 0.4) is 0 Å². The highest BCUT2D eigenvalue weighted by Crippen LogP contribution is 2.28. The van der Waals surface area contributed by atoms with Crippen molar-refractivity contribution in [2.45, 2.75) is 28.9 Å². The minimum absolute atomic E-state index is 0.0332. The average molecular weight is 750 g/mol. The summed E-state index contributed by atoms with van der Waals surface area (Å²) in [7, 11) is -7.11. The van der Waals surface area contributed by atoms with E-state index in [0.717, 1.165) is 17.3 Å². The van der Waals surface area contributed by atoms with Crippen LogP contribution in [0.5, 0.6) is 5.75 Å². The van der Waals surface area contributed by atoms with Crippen molar-refractivity contribution >= 4 is 47.6 Å². The highest BCUT2D eigenvalue weighted by atomic mass is 32.2. The van der Waals surface area contributed by atoms with Crippen LogP contribution in [0, 0.1) is 0 Å². The molecule has 7 rings (SSSR count). The van der Waals surface area contributed by atoms with Gasteiger partial charge in [0, 0.05) is 62.9 Å². The largest absolute Gasteiger partial charge is 0.378 e.